The highest BCUT2D eigenvalue weighted by atomic mass is 16.2. The first kappa shape index (κ1) is 21.4. The molecule has 152 valence electrons. The lowest BCUT2D eigenvalue weighted by Crippen LogP contribution is -2.45. The SMILES string of the molecule is CC(C)NC(=O)CNC(=O)CN1C(=O)N[C@](C)(c2ccc(C(C)C)cc2)C1=O. The molecule has 0 bridgehead atoms. The minimum absolute atomic E-state index is 0.0434. The Morgan fingerprint density at radius 1 is 1.07 bits per heavy atom. The summed E-state index contributed by atoms with van der Waals surface area (Å²) in [6.45, 7) is 8.71. The third-order valence-electron chi connectivity index (χ3n) is 4.63. The normalized spacial score (nSPS) is 19.2. The van der Waals surface area contributed by atoms with E-state index < -0.39 is 29.9 Å². The molecule has 5 amide bonds. The van der Waals surface area contributed by atoms with Crippen LogP contribution in [0.5, 0.6) is 0 Å². The number of hydrogen-bond donors (Lipinski definition) is 3. The van der Waals surface area contributed by atoms with E-state index in [0.717, 1.165) is 10.5 Å². The summed E-state index contributed by atoms with van der Waals surface area (Å²) in [5, 5.41) is 7.73. The maximum Gasteiger partial charge on any atom is 0.325 e. The molecule has 1 aromatic carbocycles. The Morgan fingerprint density at radius 2 is 1.68 bits per heavy atom. The Labute approximate surface area is 165 Å². The van der Waals surface area contributed by atoms with Gasteiger partial charge in [0.05, 0.1) is 6.54 Å². The van der Waals surface area contributed by atoms with Crippen molar-refractivity contribution in [2.24, 2.45) is 0 Å². The summed E-state index contributed by atoms with van der Waals surface area (Å²) in [4.78, 5) is 49.7. The van der Waals surface area contributed by atoms with E-state index >= 15 is 0 Å². The predicted octanol–water partition coefficient (Wildman–Crippen LogP) is 1.22. The Hall–Kier alpha value is -2.90. The first-order chi connectivity index (χ1) is 13.0. The fourth-order valence-electron chi connectivity index (χ4n) is 2.99. The molecule has 1 aliphatic rings. The molecular formula is C20H28N4O4. The van der Waals surface area contributed by atoms with Crippen LogP contribution in [0.15, 0.2) is 24.3 Å². The Balaban J connectivity index is 2.04. The molecule has 0 saturated carbocycles. The second-order valence-corrected chi connectivity index (χ2v) is 7.72. The highest BCUT2D eigenvalue weighted by molar-refractivity contribution is 6.09. The highest BCUT2D eigenvalue weighted by Crippen LogP contribution is 2.29. The van der Waals surface area contributed by atoms with E-state index in [-0.39, 0.29) is 18.5 Å². The number of nitrogens with one attached hydrogen (secondary N) is 3. The number of carbonyl (C=O) groups is 4. The quantitative estimate of drug-likeness (QED) is 0.610. The smallest absolute Gasteiger partial charge is 0.325 e. The number of rotatable bonds is 7. The van der Waals surface area contributed by atoms with Crippen molar-refractivity contribution in [1.29, 1.82) is 0 Å². The van der Waals surface area contributed by atoms with E-state index in [4.69, 9.17) is 0 Å². The molecule has 1 heterocycles. The van der Waals surface area contributed by atoms with Crippen LogP contribution in [0.25, 0.3) is 0 Å². The van der Waals surface area contributed by atoms with Gasteiger partial charge in [0.25, 0.3) is 5.91 Å². The van der Waals surface area contributed by atoms with Crippen LogP contribution < -0.4 is 16.0 Å². The maximum atomic E-state index is 12.9. The molecule has 1 atom stereocenters. The van der Waals surface area contributed by atoms with E-state index in [1.165, 1.54) is 0 Å². The van der Waals surface area contributed by atoms with E-state index in [2.05, 4.69) is 29.8 Å². The zero-order valence-electron chi connectivity index (χ0n) is 17.0. The first-order valence-corrected chi connectivity index (χ1v) is 9.35. The molecule has 0 aromatic heterocycles. The van der Waals surface area contributed by atoms with Gasteiger partial charge < -0.3 is 16.0 Å². The zero-order valence-corrected chi connectivity index (χ0v) is 17.0. The van der Waals surface area contributed by atoms with Crippen molar-refractivity contribution in [2.45, 2.75) is 52.1 Å². The average molecular weight is 388 g/mol. The number of imide groups is 1. The van der Waals surface area contributed by atoms with Gasteiger partial charge in [-0.3, -0.25) is 19.3 Å². The van der Waals surface area contributed by atoms with Crippen molar-refractivity contribution >= 4 is 23.8 Å². The lowest BCUT2D eigenvalue weighted by atomic mass is 9.90. The van der Waals surface area contributed by atoms with Gasteiger partial charge in [-0.2, -0.15) is 0 Å². The Bertz CT molecular complexity index is 773. The summed E-state index contributed by atoms with van der Waals surface area (Å²) in [7, 11) is 0. The molecular weight excluding hydrogens is 360 g/mol. The molecule has 8 heteroatoms. The molecule has 0 aliphatic carbocycles. The number of carbonyl (C=O) groups excluding carboxylic acids is 4. The zero-order chi connectivity index (χ0) is 21.1. The summed E-state index contributed by atoms with van der Waals surface area (Å²) < 4.78 is 0. The summed E-state index contributed by atoms with van der Waals surface area (Å²) >= 11 is 0. The summed E-state index contributed by atoms with van der Waals surface area (Å²) in [5.41, 5.74) is 0.538. The molecule has 1 saturated heterocycles. The molecule has 0 unspecified atom stereocenters. The minimum atomic E-state index is -1.23. The lowest BCUT2D eigenvalue weighted by Gasteiger charge is -2.22. The van der Waals surface area contributed by atoms with Crippen molar-refractivity contribution in [3.05, 3.63) is 35.4 Å². The van der Waals surface area contributed by atoms with Crippen LogP contribution >= 0.6 is 0 Å². The van der Waals surface area contributed by atoms with Gasteiger partial charge in [0, 0.05) is 6.04 Å². The molecule has 2 rings (SSSR count). The topological polar surface area (TPSA) is 108 Å². The van der Waals surface area contributed by atoms with Gasteiger partial charge in [0.2, 0.25) is 11.8 Å². The minimum Gasteiger partial charge on any atom is -0.352 e. The molecule has 1 aliphatic heterocycles. The highest BCUT2D eigenvalue weighted by Gasteiger charge is 2.49. The second kappa shape index (κ2) is 8.41. The van der Waals surface area contributed by atoms with E-state index in [1.54, 1.807) is 6.92 Å². The fraction of sp³-hybridized carbons (Fsp3) is 0.500. The van der Waals surface area contributed by atoms with Crippen LogP contribution in [0.1, 0.15) is 51.7 Å². The van der Waals surface area contributed by atoms with E-state index in [9.17, 15) is 19.2 Å². The molecule has 0 spiro atoms. The first-order valence-electron chi connectivity index (χ1n) is 9.35. The molecule has 28 heavy (non-hydrogen) atoms. The number of amides is 5. The number of benzene rings is 1. The third kappa shape index (κ3) is 4.68. The third-order valence-corrected chi connectivity index (χ3v) is 4.63. The van der Waals surface area contributed by atoms with Crippen LogP contribution in [0.2, 0.25) is 0 Å². The lowest BCUT2D eigenvalue weighted by molar-refractivity contribution is -0.135. The van der Waals surface area contributed by atoms with Gasteiger partial charge in [-0.25, -0.2) is 4.79 Å². The molecule has 1 aromatic rings. The van der Waals surface area contributed by atoms with E-state index in [0.29, 0.717) is 11.5 Å². The van der Waals surface area contributed by atoms with Crippen molar-refractivity contribution in [1.82, 2.24) is 20.9 Å². The fourth-order valence-corrected chi connectivity index (χ4v) is 2.99. The Kier molecular flexibility index (Phi) is 6.43. The Morgan fingerprint density at radius 3 is 2.21 bits per heavy atom. The molecule has 3 N–H and O–H groups in total. The van der Waals surface area contributed by atoms with Crippen LogP contribution in [-0.2, 0) is 19.9 Å². The van der Waals surface area contributed by atoms with Gasteiger partial charge in [-0.05, 0) is 37.8 Å². The molecule has 0 radical (unpaired) electrons. The monoisotopic (exact) mass is 388 g/mol. The molecule has 8 nitrogen and oxygen atoms in total. The van der Waals surface area contributed by atoms with Crippen LogP contribution in [0, 0.1) is 0 Å². The van der Waals surface area contributed by atoms with Crippen molar-refractivity contribution in [3.8, 4) is 0 Å². The summed E-state index contributed by atoms with van der Waals surface area (Å²) in [5.74, 6) is -1.07. The summed E-state index contributed by atoms with van der Waals surface area (Å²) in [6, 6.07) is 6.79. The number of hydrogen-bond acceptors (Lipinski definition) is 4. The average Bonchev–Trinajstić information content (AvgIpc) is 2.83. The van der Waals surface area contributed by atoms with Crippen molar-refractivity contribution in [2.75, 3.05) is 13.1 Å². The van der Waals surface area contributed by atoms with Gasteiger partial charge >= 0.3 is 6.03 Å². The van der Waals surface area contributed by atoms with Gasteiger partial charge in [-0.15, -0.1) is 0 Å². The van der Waals surface area contributed by atoms with Gasteiger partial charge in [0.15, 0.2) is 0 Å². The van der Waals surface area contributed by atoms with Gasteiger partial charge in [0.1, 0.15) is 12.1 Å². The molecule has 1 fully saturated rings. The largest absolute Gasteiger partial charge is 0.352 e. The maximum absolute atomic E-state index is 12.9. The van der Waals surface area contributed by atoms with Crippen LogP contribution in [0.3, 0.4) is 0 Å². The van der Waals surface area contributed by atoms with Crippen LogP contribution in [-0.4, -0.2) is 47.8 Å². The van der Waals surface area contributed by atoms with Gasteiger partial charge in [-0.1, -0.05) is 38.1 Å². The van der Waals surface area contributed by atoms with Crippen LogP contribution in [0.4, 0.5) is 4.79 Å². The summed E-state index contributed by atoms with van der Waals surface area (Å²) in [6.07, 6.45) is 0. The van der Waals surface area contributed by atoms with Crippen molar-refractivity contribution < 1.29 is 19.2 Å². The van der Waals surface area contributed by atoms with Crippen molar-refractivity contribution in [3.63, 3.8) is 0 Å². The number of nitrogens with zero attached hydrogens (tertiary/aromatic N) is 1. The predicted molar refractivity (Wildman–Crippen MR) is 104 cm³/mol. The number of urea groups is 1. The standard InChI is InChI=1S/C20H28N4O4/c1-12(2)14-6-8-15(9-7-14)20(5)18(27)24(19(28)23-20)11-17(26)21-10-16(25)22-13(3)4/h6-9,12-13H,10-11H2,1-5H3,(H,21,26)(H,22,25)(H,23,28)/t20-/m1/s1. The van der Waals surface area contributed by atoms with E-state index in [1.807, 2.05) is 38.1 Å². The second-order valence-electron chi connectivity index (χ2n) is 7.72.